The van der Waals surface area contributed by atoms with Crippen molar-refractivity contribution in [3.8, 4) is 0 Å². The highest BCUT2D eigenvalue weighted by Crippen LogP contribution is 2.39. The van der Waals surface area contributed by atoms with Crippen molar-refractivity contribution in [1.82, 2.24) is 4.90 Å². The first-order valence-electron chi connectivity index (χ1n) is 6.01. The molecule has 1 fully saturated rings. The summed E-state index contributed by atoms with van der Waals surface area (Å²) in [7, 11) is 3.99. The van der Waals surface area contributed by atoms with E-state index in [1.54, 1.807) is 7.11 Å². The van der Waals surface area contributed by atoms with E-state index in [0.29, 0.717) is 5.41 Å². The Bertz CT molecular complexity index is 169. The molecular formula is C12H25NOS. The maximum atomic E-state index is 5.07. The Labute approximate surface area is 99.8 Å². The minimum Gasteiger partial charge on any atom is -0.385 e. The molecule has 0 atom stereocenters. The van der Waals surface area contributed by atoms with Gasteiger partial charge >= 0.3 is 0 Å². The van der Waals surface area contributed by atoms with Crippen LogP contribution in [0.25, 0.3) is 0 Å². The van der Waals surface area contributed by atoms with Gasteiger partial charge in [-0.15, -0.1) is 0 Å². The standard InChI is InChI=1S/C12H25NOS/c1-13(8-5-9-14-2)10-12(11-15)6-3-4-7-12/h15H,3-11H2,1-2H3. The van der Waals surface area contributed by atoms with Crippen LogP contribution in [0, 0.1) is 5.41 Å². The van der Waals surface area contributed by atoms with Gasteiger partial charge in [-0.25, -0.2) is 0 Å². The van der Waals surface area contributed by atoms with Gasteiger partial charge in [0.1, 0.15) is 0 Å². The minimum absolute atomic E-state index is 0.505. The monoisotopic (exact) mass is 231 g/mol. The lowest BCUT2D eigenvalue weighted by atomic mass is 9.88. The van der Waals surface area contributed by atoms with Gasteiger partial charge in [-0.3, -0.25) is 0 Å². The number of methoxy groups -OCH3 is 1. The van der Waals surface area contributed by atoms with Crippen molar-refractivity contribution in [3.63, 3.8) is 0 Å². The van der Waals surface area contributed by atoms with Gasteiger partial charge in [-0.05, 0) is 37.5 Å². The summed E-state index contributed by atoms with van der Waals surface area (Å²) in [5, 5.41) is 0. The number of hydrogen-bond acceptors (Lipinski definition) is 3. The molecule has 0 aromatic heterocycles. The molecule has 0 amide bonds. The van der Waals surface area contributed by atoms with Crippen molar-refractivity contribution in [2.75, 3.05) is 39.6 Å². The van der Waals surface area contributed by atoms with E-state index in [-0.39, 0.29) is 0 Å². The summed E-state index contributed by atoms with van der Waals surface area (Å²) in [5.74, 6) is 1.04. The average Bonchev–Trinajstić information content (AvgIpc) is 2.67. The van der Waals surface area contributed by atoms with Gasteiger partial charge in [0.15, 0.2) is 0 Å². The van der Waals surface area contributed by atoms with E-state index in [9.17, 15) is 0 Å². The van der Waals surface area contributed by atoms with Crippen LogP contribution in [0.15, 0.2) is 0 Å². The second-order valence-electron chi connectivity index (χ2n) is 4.95. The van der Waals surface area contributed by atoms with E-state index in [1.807, 2.05) is 0 Å². The first kappa shape index (κ1) is 13.3. The molecule has 15 heavy (non-hydrogen) atoms. The van der Waals surface area contributed by atoms with Gasteiger partial charge in [0.05, 0.1) is 0 Å². The van der Waals surface area contributed by atoms with Crippen LogP contribution in [0.2, 0.25) is 0 Å². The molecule has 1 aliphatic carbocycles. The fraction of sp³-hybridized carbons (Fsp3) is 1.00. The third kappa shape index (κ3) is 4.33. The molecule has 0 aromatic carbocycles. The molecule has 3 heteroatoms. The lowest BCUT2D eigenvalue weighted by molar-refractivity contribution is 0.158. The Kier molecular flexibility index (Phi) is 6.02. The van der Waals surface area contributed by atoms with E-state index in [2.05, 4.69) is 24.6 Å². The molecule has 1 saturated carbocycles. The summed E-state index contributed by atoms with van der Waals surface area (Å²) in [5.41, 5.74) is 0.505. The van der Waals surface area contributed by atoms with Crippen molar-refractivity contribution in [1.29, 1.82) is 0 Å². The SMILES string of the molecule is COCCCN(C)CC1(CS)CCCC1. The summed E-state index contributed by atoms with van der Waals surface area (Å²) in [6.07, 6.45) is 6.66. The Hall–Kier alpha value is 0.270. The first-order valence-corrected chi connectivity index (χ1v) is 6.64. The lowest BCUT2D eigenvalue weighted by Gasteiger charge is -2.32. The van der Waals surface area contributed by atoms with Gasteiger partial charge in [-0.1, -0.05) is 12.8 Å². The molecule has 1 aliphatic rings. The van der Waals surface area contributed by atoms with Crippen molar-refractivity contribution in [2.45, 2.75) is 32.1 Å². The molecule has 0 spiro atoms. The largest absolute Gasteiger partial charge is 0.385 e. The maximum Gasteiger partial charge on any atom is 0.0474 e. The number of ether oxygens (including phenoxy) is 1. The molecule has 0 N–H and O–H groups in total. The van der Waals surface area contributed by atoms with Crippen molar-refractivity contribution >= 4 is 12.6 Å². The van der Waals surface area contributed by atoms with Crippen molar-refractivity contribution in [3.05, 3.63) is 0 Å². The minimum atomic E-state index is 0.505. The Morgan fingerprint density at radius 2 is 2.00 bits per heavy atom. The summed E-state index contributed by atoms with van der Waals surface area (Å²) >= 11 is 4.53. The quantitative estimate of drug-likeness (QED) is 0.534. The zero-order valence-electron chi connectivity index (χ0n) is 10.2. The zero-order chi connectivity index (χ0) is 11.1. The Morgan fingerprint density at radius 3 is 2.53 bits per heavy atom. The molecule has 90 valence electrons. The fourth-order valence-electron chi connectivity index (χ4n) is 2.62. The van der Waals surface area contributed by atoms with E-state index in [0.717, 1.165) is 25.3 Å². The Balaban J connectivity index is 2.25. The third-order valence-electron chi connectivity index (χ3n) is 3.49. The predicted molar refractivity (Wildman–Crippen MR) is 68.7 cm³/mol. The van der Waals surface area contributed by atoms with E-state index < -0.39 is 0 Å². The number of hydrogen-bond donors (Lipinski definition) is 1. The first-order chi connectivity index (χ1) is 7.22. The van der Waals surface area contributed by atoms with Gasteiger partial charge in [-0.2, -0.15) is 12.6 Å². The van der Waals surface area contributed by atoms with Gasteiger partial charge in [0.25, 0.3) is 0 Å². The zero-order valence-corrected chi connectivity index (χ0v) is 11.1. The summed E-state index contributed by atoms with van der Waals surface area (Å²) < 4.78 is 5.07. The molecule has 2 nitrogen and oxygen atoms in total. The van der Waals surface area contributed by atoms with Gasteiger partial charge < -0.3 is 9.64 Å². The normalized spacial score (nSPS) is 20.0. The highest BCUT2D eigenvalue weighted by molar-refractivity contribution is 7.80. The van der Waals surface area contributed by atoms with Crippen LogP contribution < -0.4 is 0 Å². The number of nitrogens with zero attached hydrogens (tertiary/aromatic N) is 1. The Morgan fingerprint density at radius 1 is 1.33 bits per heavy atom. The highest BCUT2D eigenvalue weighted by atomic mass is 32.1. The smallest absolute Gasteiger partial charge is 0.0474 e. The molecule has 0 aromatic rings. The number of rotatable bonds is 7. The molecule has 0 unspecified atom stereocenters. The predicted octanol–water partition coefficient (Wildman–Crippen LogP) is 2.44. The van der Waals surface area contributed by atoms with E-state index >= 15 is 0 Å². The summed E-state index contributed by atoms with van der Waals surface area (Å²) in [4.78, 5) is 2.44. The average molecular weight is 231 g/mol. The molecule has 0 aliphatic heterocycles. The van der Waals surface area contributed by atoms with Crippen LogP contribution in [0.3, 0.4) is 0 Å². The van der Waals surface area contributed by atoms with Gasteiger partial charge in [0, 0.05) is 26.8 Å². The van der Waals surface area contributed by atoms with Crippen LogP contribution in [0.5, 0.6) is 0 Å². The second-order valence-corrected chi connectivity index (χ2v) is 5.27. The maximum absolute atomic E-state index is 5.07. The lowest BCUT2D eigenvalue weighted by Crippen LogP contribution is -2.35. The molecule has 0 saturated heterocycles. The van der Waals surface area contributed by atoms with E-state index in [4.69, 9.17) is 4.74 Å². The molecule has 0 radical (unpaired) electrons. The van der Waals surface area contributed by atoms with Crippen LogP contribution in [0.1, 0.15) is 32.1 Å². The topological polar surface area (TPSA) is 12.5 Å². The fourth-order valence-corrected chi connectivity index (χ4v) is 3.04. The molecule has 0 heterocycles. The van der Waals surface area contributed by atoms with Crippen LogP contribution in [-0.2, 0) is 4.74 Å². The van der Waals surface area contributed by atoms with Crippen LogP contribution in [-0.4, -0.2) is 44.5 Å². The summed E-state index contributed by atoms with van der Waals surface area (Å²) in [6, 6.07) is 0. The third-order valence-corrected chi connectivity index (χ3v) is 4.16. The summed E-state index contributed by atoms with van der Waals surface area (Å²) in [6.45, 7) is 3.22. The van der Waals surface area contributed by atoms with Crippen LogP contribution in [0.4, 0.5) is 0 Å². The van der Waals surface area contributed by atoms with Gasteiger partial charge in [0.2, 0.25) is 0 Å². The molecular weight excluding hydrogens is 206 g/mol. The van der Waals surface area contributed by atoms with Crippen molar-refractivity contribution in [2.24, 2.45) is 5.41 Å². The highest BCUT2D eigenvalue weighted by Gasteiger charge is 2.33. The molecule has 0 bridgehead atoms. The number of thiol groups is 1. The van der Waals surface area contributed by atoms with E-state index in [1.165, 1.54) is 32.2 Å². The van der Waals surface area contributed by atoms with Crippen LogP contribution >= 0.6 is 12.6 Å². The second kappa shape index (κ2) is 6.77. The molecule has 1 rings (SSSR count). The van der Waals surface area contributed by atoms with Crippen molar-refractivity contribution < 1.29 is 4.74 Å².